The molecule has 0 bridgehead atoms. The Morgan fingerprint density at radius 2 is 0.911 bits per heavy atom. The van der Waals surface area contributed by atoms with Crippen LogP contribution in [0.25, 0.3) is 64.7 Å². The van der Waals surface area contributed by atoms with Gasteiger partial charge in [0.25, 0.3) is 0 Å². The number of benzene rings is 8. The lowest BCUT2D eigenvalue weighted by Gasteiger charge is -2.30. The Morgan fingerprint density at radius 3 is 1.70 bits per heavy atom. The van der Waals surface area contributed by atoms with Gasteiger partial charge in [-0.1, -0.05) is 155 Å². The van der Waals surface area contributed by atoms with Crippen LogP contribution in [0.1, 0.15) is 49.9 Å². The van der Waals surface area contributed by atoms with Gasteiger partial charge in [0.1, 0.15) is 0 Å². The maximum absolute atomic E-state index is 2.47. The van der Waals surface area contributed by atoms with Crippen LogP contribution < -0.4 is 4.90 Å². The Bertz CT molecular complexity index is 3030. The van der Waals surface area contributed by atoms with Crippen LogP contribution in [-0.2, 0) is 10.8 Å². The van der Waals surface area contributed by atoms with Gasteiger partial charge in [-0.3, -0.25) is 0 Å². The SMILES string of the molecule is CC1(C)c2ccccc2-c2cc(-c3ccccc3N(c3ccc(-c4ccc5c(c4)sc4ccccc45)cc3)c3ccc4c(c3)C(C)(C)c3ccccc3-4)ccc21. The van der Waals surface area contributed by atoms with Gasteiger partial charge in [-0.15, -0.1) is 11.3 Å². The van der Waals surface area contributed by atoms with Gasteiger partial charge in [-0.25, -0.2) is 0 Å². The first-order valence-corrected chi connectivity index (χ1v) is 20.5. The Kier molecular flexibility index (Phi) is 7.18. The van der Waals surface area contributed by atoms with Crippen LogP contribution in [-0.4, -0.2) is 0 Å². The summed E-state index contributed by atoms with van der Waals surface area (Å²) in [5.41, 5.74) is 19.1. The zero-order valence-electron chi connectivity index (χ0n) is 32.1. The minimum absolute atomic E-state index is 0.0337. The van der Waals surface area contributed by atoms with Gasteiger partial charge < -0.3 is 4.90 Å². The van der Waals surface area contributed by atoms with E-state index in [1.807, 2.05) is 11.3 Å². The fraction of sp³-hybridized carbons (Fsp3) is 0.111. The van der Waals surface area contributed by atoms with Gasteiger partial charge in [-0.2, -0.15) is 0 Å². The first-order valence-electron chi connectivity index (χ1n) is 19.7. The van der Waals surface area contributed by atoms with Gasteiger partial charge in [0, 0.05) is 47.9 Å². The van der Waals surface area contributed by atoms with Crippen LogP contribution in [0.3, 0.4) is 0 Å². The van der Waals surface area contributed by atoms with E-state index in [4.69, 9.17) is 0 Å². The van der Waals surface area contributed by atoms with Crippen LogP contribution in [0.2, 0.25) is 0 Å². The minimum atomic E-state index is -0.109. The van der Waals surface area contributed by atoms with Gasteiger partial charge in [-0.05, 0) is 110 Å². The molecule has 0 amide bonds. The molecule has 0 atom stereocenters. The summed E-state index contributed by atoms with van der Waals surface area (Å²) in [7, 11) is 0. The monoisotopic (exact) mass is 735 g/mol. The van der Waals surface area contributed by atoms with Crippen molar-refractivity contribution in [2.45, 2.75) is 38.5 Å². The number of nitrogens with zero attached hydrogens (tertiary/aromatic N) is 1. The molecule has 2 aliphatic rings. The summed E-state index contributed by atoms with van der Waals surface area (Å²) in [5.74, 6) is 0. The van der Waals surface area contributed by atoms with Crippen molar-refractivity contribution < 1.29 is 0 Å². The number of para-hydroxylation sites is 1. The Hall–Kier alpha value is -6.22. The largest absolute Gasteiger partial charge is 0.310 e. The fourth-order valence-electron chi connectivity index (χ4n) is 9.77. The molecule has 0 radical (unpaired) electrons. The van der Waals surface area contributed by atoms with Crippen LogP contribution >= 0.6 is 11.3 Å². The van der Waals surface area contributed by atoms with E-state index in [-0.39, 0.29) is 10.8 Å². The molecule has 1 nitrogen and oxygen atoms in total. The predicted octanol–water partition coefficient (Wildman–Crippen LogP) is 15.5. The van der Waals surface area contributed by atoms with E-state index >= 15 is 0 Å². The first-order chi connectivity index (χ1) is 27.3. The average molecular weight is 736 g/mol. The fourth-order valence-corrected chi connectivity index (χ4v) is 10.9. The van der Waals surface area contributed by atoms with E-state index in [0.29, 0.717) is 0 Å². The molecule has 0 N–H and O–H groups in total. The van der Waals surface area contributed by atoms with Crippen LogP contribution in [0.15, 0.2) is 176 Å². The molecule has 1 heterocycles. The minimum Gasteiger partial charge on any atom is -0.310 e. The summed E-state index contributed by atoms with van der Waals surface area (Å²) < 4.78 is 2.66. The predicted molar refractivity (Wildman–Crippen MR) is 240 cm³/mol. The molecule has 0 unspecified atom stereocenters. The molecule has 0 aliphatic heterocycles. The highest BCUT2D eigenvalue weighted by Gasteiger charge is 2.37. The second kappa shape index (κ2) is 12.1. The molecule has 2 aliphatic carbocycles. The molecule has 0 saturated carbocycles. The molecule has 2 heteroatoms. The summed E-state index contributed by atoms with van der Waals surface area (Å²) in [6, 6.07) is 65.8. The third-order valence-corrected chi connectivity index (χ3v) is 13.8. The van der Waals surface area contributed by atoms with Gasteiger partial charge >= 0.3 is 0 Å². The highest BCUT2D eigenvalue weighted by atomic mass is 32.1. The van der Waals surface area contributed by atoms with E-state index in [0.717, 1.165) is 17.1 Å². The lowest BCUT2D eigenvalue weighted by molar-refractivity contribution is 0.660. The Labute approximate surface area is 333 Å². The molecule has 8 aromatic carbocycles. The van der Waals surface area contributed by atoms with E-state index in [1.54, 1.807) is 0 Å². The molecule has 11 rings (SSSR count). The highest BCUT2D eigenvalue weighted by molar-refractivity contribution is 7.25. The van der Waals surface area contributed by atoms with E-state index < -0.39 is 0 Å². The van der Waals surface area contributed by atoms with Gasteiger partial charge in [0.2, 0.25) is 0 Å². The maximum atomic E-state index is 2.47. The van der Waals surface area contributed by atoms with Crippen molar-refractivity contribution in [2.75, 3.05) is 4.90 Å². The second-order valence-electron chi connectivity index (χ2n) is 16.5. The van der Waals surface area contributed by atoms with Crippen LogP contribution in [0, 0.1) is 0 Å². The number of anilines is 3. The topological polar surface area (TPSA) is 3.24 Å². The molecule has 9 aromatic rings. The number of rotatable bonds is 5. The summed E-state index contributed by atoms with van der Waals surface area (Å²) in [5, 5.41) is 2.66. The summed E-state index contributed by atoms with van der Waals surface area (Å²) >= 11 is 1.87. The number of thiophene rings is 1. The number of hydrogen-bond acceptors (Lipinski definition) is 2. The molecule has 0 saturated heterocycles. The van der Waals surface area contributed by atoms with E-state index in [2.05, 4.69) is 209 Å². The number of hydrogen-bond donors (Lipinski definition) is 0. The standard InChI is InChI=1S/C54H41NS/c1-53(2)47-18-10-6-15-41(47)45-31-36(24-30-48(45)53)39-13-7-11-19-50(39)55(38-27-29-42-40-14-5-9-17-46(40)54(3,4)49(42)33-38)37-25-21-34(22-26-37)35-23-28-44-43-16-8-12-20-51(43)56-52(44)32-35/h5-33H,1-4H3. The zero-order chi connectivity index (χ0) is 37.8. The smallest absolute Gasteiger partial charge is 0.0540 e. The van der Waals surface area contributed by atoms with E-state index in [9.17, 15) is 0 Å². The Morgan fingerprint density at radius 1 is 0.357 bits per heavy atom. The summed E-state index contributed by atoms with van der Waals surface area (Å²) in [6.45, 7) is 9.44. The second-order valence-corrected chi connectivity index (χ2v) is 17.6. The highest BCUT2D eigenvalue weighted by Crippen LogP contribution is 2.53. The third kappa shape index (κ3) is 4.85. The van der Waals surface area contributed by atoms with Crippen molar-refractivity contribution in [3.63, 3.8) is 0 Å². The Balaban J connectivity index is 1.06. The van der Waals surface area contributed by atoms with Gasteiger partial charge in [0.15, 0.2) is 0 Å². The molecule has 1 aromatic heterocycles. The van der Waals surface area contributed by atoms with Gasteiger partial charge in [0.05, 0.1) is 5.69 Å². The van der Waals surface area contributed by atoms with Crippen molar-refractivity contribution in [1.82, 2.24) is 0 Å². The molecular weight excluding hydrogens is 695 g/mol. The van der Waals surface area contributed by atoms with Crippen molar-refractivity contribution in [3.8, 4) is 44.5 Å². The molecule has 56 heavy (non-hydrogen) atoms. The average Bonchev–Trinajstić information content (AvgIpc) is 3.80. The van der Waals surface area contributed by atoms with Crippen molar-refractivity contribution in [1.29, 1.82) is 0 Å². The normalized spacial score (nSPS) is 14.4. The number of fused-ring (bicyclic) bond motifs is 9. The summed E-state index contributed by atoms with van der Waals surface area (Å²) in [4.78, 5) is 2.47. The van der Waals surface area contributed by atoms with Crippen molar-refractivity contribution in [3.05, 3.63) is 198 Å². The maximum Gasteiger partial charge on any atom is 0.0540 e. The first kappa shape index (κ1) is 33.1. The zero-order valence-corrected chi connectivity index (χ0v) is 32.9. The third-order valence-electron chi connectivity index (χ3n) is 12.7. The molecule has 268 valence electrons. The van der Waals surface area contributed by atoms with Crippen molar-refractivity contribution >= 4 is 48.6 Å². The lowest BCUT2D eigenvalue weighted by atomic mass is 9.82. The summed E-state index contributed by atoms with van der Waals surface area (Å²) in [6.07, 6.45) is 0. The van der Waals surface area contributed by atoms with Crippen molar-refractivity contribution in [2.24, 2.45) is 0 Å². The van der Waals surface area contributed by atoms with E-state index in [1.165, 1.54) is 86.9 Å². The van der Waals surface area contributed by atoms with Crippen LogP contribution in [0.5, 0.6) is 0 Å². The van der Waals surface area contributed by atoms with Crippen LogP contribution in [0.4, 0.5) is 17.1 Å². The molecular formula is C54H41NS. The molecule has 0 spiro atoms. The lowest BCUT2D eigenvalue weighted by Crippen LogP contribution is -2.17. The molecule has 0 fully saturated rings. The quantitative estimate of drug-likeness (QED) is 0.170.